The molecule has 0 atom stereocenters. The van der Waals surface area contributed by atoms with Crippen molar-refractivity contribution in [2.45, 2.75) is 11.8 Å². The van der Waals surface area contributed by atoms with Gasteiger partial charge in [0.2, 0.25) is 5.91 Å². The Balaban J connectivity index is 1.91. The lowest BCUT2D eigenvalue weighted by Gasteiger charge is -2.24. The van der Waals surface area contributed by atoms with E-state index >= 15 is 0 Å². The summed E-state index contributed by atoms with van der Waals surface area (Å²) in [6.45, 7) is 1.48. The van der Waals surface area contributed by atoms with Crippen LogP contribution in [0.5, 0.6) is 0 Å². The zero-order valence-electron chi connectivity index (χ0n) is 15.2. The van der Waals surface area contributed by atoms with Gasteiger partial charge in [-0.2, -0.15) is 0 Å². The van der Waals surface area contributed by atoms with Crippen molar-refractivity contribution in [2.75, 3.05) is 16.2 Å². The first-order chi connectivity index (χ1) is 13.4. The van der Waals surface area contributed by atoms with Crippen molar-refractivity contribution in [3.05, 3.63) is 90.2 Å². The third-order valence-electron chi connectivity index (χ3n) is 4.07. The molecule has 0 radical (unpaired) electrons. The van der Waals surface area contributed by atoms with Crippen LogP contribution in [0.2, 0.25) is 0 Å². The average Bonchev–Trinajstić information content (AvgIpc) is 2.69. The van der Waals surface area contributed by atoms with Crippen molar-refractivity contribution in [1.82, 2.24) is 0 Å². The Hall–Kier alpha value is -3.19. The van der Waals surface area contributed by atoms with Gasteiger partial charge in [0.25, 0.3) is 10.0 Å². The van der Waals surface area contributed by atoms with Gasteiger partial charge in [-0.1, -0.05) is 35.9 Å². The normalized spacial score (nSPS) is 11.1. The minimum Gasteiger partial charge on any atom is -0.325 e. The summed E-state index contributed by atoms with van der Waals surface area (Å²) in [7, 11) is -4.01. The predicted molar refractivity (Wildman–Crippen MR) is 107 cm³/mol. The van der Waals surface area contributed by atoms with Gasteiger partial charge in [-0.25, -0.2) is 12.8 Å². The first kappa shape index (κ1) is 19.6. The van der Waals surface area contributed by atoms with Gasteiger partial charge in [0.1, 0.15) is 12.4 Å². The Bertz CT molecular complexity index is 1050. The van der Waals surface area contributed by atoms with Crippen LogP contribution < -0.4 is 9.62 Å². The second-order valence-corrected chi connectivity index (χ2v) is 8.08. The molecule has 5 nitrogen and oxygen atoms in total. The number of sulfonamides is 1. The molecule has 1 N–H and O–H groups in total. The van der Waals surface area contributed by atoms with Crippen LogP contribution in [0.4, 0.5) is 15.8 Å². The number of anilines is 2. The van der Waals surface area contributed by atoms with Crippen molar-refractivity contribution in [2.24, 2.45) is 0 Å². The van der Waals surface area contributed by atoms with E-state index in [9.17, 15) is 17.6 Å². The van der Waals surface area contributed by atoms with E-state index in [2.05, 4.69) is 5.32 Å². The number of hydrogen-bond acceptors (Lipinski definition) is 3. The zero-order chi connectivity index (χ0) is 20.1. The molecule has 3 rings (SSSR count). The van der Waals surface area contributed by atoms with Crippen LogP contribution in [-0.4, -0.2) is 20.9 Å². The van der Waals surface area contributed by atoms with Crippen molar-refractivity contribution < 1.29 is 17.6 Å². The molecular weight excluding hydrogens is 379 g/mol. The molecule has 0 aliphatic carbocycles. The van der Waals surface area contributed by atoms with Crippen LogP contribution in [0, 0.1) is 12.7 Å². The van der Waals surface area contributed by atoms with Gasteiger partial charge in [0.05, 0.1) is 10.6 Å². The number of nitrogens with one attached hydrogen (secondary N) is 1. The van der Waals surface area contributed by atoms with Crippen molar-refractivity contribution in [3.8, 4) is 0 Å². The molecule has 0 heterocycles. The topological polar surface area (TPSA) is 66.5 Å². The molecule has 0 bridgehead atoms. The summed E-state index contributed by atoms with van der Waals surface area (Å²) < 4.78 is 40.5. The highest BCUT2D eigenvalue weighted by Crippen LogP contribution is 2.24. The van der Waals surface area contributed by atoms with E-state index < -0.39 is 28.3 Å². The van der Waals surface area contributed by atoms with E-state index in [0.29, 0.717) is 5.69 Å². The molecule has 0 fully saturated rings. The van der Waals surface area contributed by atoms with Crippen LogP contribution >= 0.6 is 0 Å². The molecule has 0 saturated heterocycles. The summed E-state index contributed by atoms with van der Waals surface area (Å²) in [5.74, 6) is -1.00. The molecular formula is C21H19FN2O3S. The molecule has 0 spiro atoms. The first-order valence-electron chi connectivity index (χ1n) is 8.56. The highest BCUT2D eigenvalue weighted by atomic mass is 32.2. The van der Waals surface area contributed by atoms with Gasteiger partial charge < -0.3 is 5.32 Å². The minimum atomic E-state index is -4.01. The first-order valence-corrected chi connectivity index (χ1v) is 10.0. The molecule has 28 heavy (non-hydrogen) atoms. The second kappa shape index (κ2) is 8.22. The van der Waals surface area contributed by atoms with Crippen LogP contribution in [0.25, 0.3) is 0 Å². The highest BCUT2D eigenvalue weighted by molar-refractivity contribution is 7.92. The number of rotatable bonds is 6. The van der Waals surface area contributed by atoms with Gasteiger partial charge in [-0.05, 0) is 55.5 Å². The Morgan fingerprint density at radius 3 is 2.14 bits per heavy atom. The van der Waals surface area contributed by atoms with Crippen LogP contribution in [0.15, 0.2) is 83.8 Å². The maximum atomic E-state index is 13.3. The summed E-state index contributed by atoms with van der Waals surface area (Å²) >= 11 is 0. The summed E-state index contributed by atoms with van der Waals surface area (Å²) in [6, 6.07) is 19.9. The second-order valence-electron chi connectivity index (χ2n) is 6.22. The minimum absolute atomic E-state index is 0.0439. The lowest BCUT2D eigenvalue weighted by molar-refractivity contribution is -0.114. The van der Waals surface area contributed by atoms with E-state index in [-0.39, 0.29) is 10.6 Å². The van der Waals surface area contributed by atoms with E-state index in [1.807, 2.05) is 19.1 Å². The molecule has 0 aliphatic heterocycles. The van der Waals surface area contributed by atoms with Crippen LogP contribution in [0.3, 0.4) is 0 Å². The maximum Gasteiger partial charge on any atom is 0.264 e. The number of carbonyl (C=O) groups excluding carboxylic acids is 1. The monoisotopic (exact) mass is 398 g/mol. The molecule has 1 amide bonds. The predicted octanol–water partition coefficient (Wildman–Crippen LogP) is 3.97. The van der Waals surface area contributed by atoms with Gasteiger partial charge >= 0.3 is 0 Å². The standard InChI is InChI=1S/C21H19FN2O3S/c1-16-7-11-18(12-8-16)23-21(25)15-24(19-13-9-17(22)10-14-19)28(26,27)20-5-3-2-4-6-20/h2-14H,15H2,1H3,(H,23,25). The number of hydrogen-bond donors (Lipinski definition) is 1. The molecule has 0 unspecified atom stereocenters. The number of nitrogens with zero attached hydrogens (tertiary/aromatic N) is 1. The number of aryl methyl sites for hydroxylation is 1. The highest BCUT2D eigenvalue weighted by Gasteiger charge is 2.27. The smallest absolute Gasteiger partial charge is 0.264 e. The summed E-state index contributed by atoms with van der Waals surface area (Å²) in [6.07, 6.45) is 0. The number of amides is 1. The lowest BCUT2D eigenvalue weighted by Crippen LogP contribution is -2.38. The zero-order valence-corrected chi connectivity index (χ0v) is 16.0. The van der Waals surface area contributed by atoms with Crippen molar-refractivity contribution >= 4 is 27.3 Å². The van der Waals surface area contributed by atoms with Crippen molar-refractivity contribution in [3.63, 3.8) is 0 Å². The van der Waals surface area contributed by atoms with E-state index in [0.717, 1.165) is 22.0 Å². The van der Waals surface area contributed by atoms with Gasteiger partial charge in [0.15, 0.2) is 0 Å². The summed E-state index contributed by atoms with van der Waals surface area (Å²) in [5.41, 5.74) is 1.80. The maximum absolute atomic E-state index is 13.3. The van der Waals surface area contributed by atoms with E-state index in [1.165, 1.54) is 24.3 Å². The number of halogens is 1. The number of benzene rings is 3. The van der Waals surface area contributed by atoms with E-state index in [4.69, 9.17) is 0 Å². The Morgan fingerprint density at radius 2 is 1.54 bits per heavy atom. The summed E-state index contributed by atoms with van der Waals surface area (Å²) in [4.78, 5) is 12.6. The third kappa shape index (κ3) is 4.55. The third-order valence-corrected chi connectivity index (χ3v) is 5.86. The fourth-order valence-electron chi connectivity index (χ4n) is 2.61. The molecule has 7 heteroatoms. The molecule has 0 aliphatic rings. The van der Waals surface area contributed by atoms with Gasteiger partial charge in [0, 0.05) is 5.69 Å². The van der Waals surface area contributed by atoms with E-state index in [1.54, 1.807) is 30.3 Å². The Morgan fingerprint density at radius 1 is 0.929 bits per heavy atom. The van der Waals surface area contributed by atoms with Crippen molar-refractivity contribution in [1.29, 1.82) is 0 Å². The SMILES string of the molecule is Cc1ccc(NC(=O)CN(c2ccc(F)cc2)S(=O)(=O)c2ccccc2)cc1. The fourth-order valence-corrected chi connectivity index (χ4v) is 4.05. The molecule has 0 saturated carbocycles. The van der Waals surface area contributed by atoms with Gasteiger partial charge in [-0.15, -0.1) is 0 Å². The lowest BCUT2D eigenvalue weighted by atomic mass is 10.2. The van der Waals surface area contributed by atoms with Crippen LogP contribution in [-0.2, 0) is 14.8 Å². The molecule has 3 aromatic carbocycles. The largest absolute Gasteiger partial charge is 0.325 e. The molecule has 3 aromatic rings. The molecule has 144 valence electrons. The fraction of sp³-hybridized carbons (Fsp3) is 0.0952. The Labute approximate surface area is 163 Å². The molecule has 0 aromatic heterocycles. The Kier molecular flexibility index (Phi) is 5.75. The number of carbonyl (C=O) groups is 1. The van der Waals surface area contributed by atoms with Gasteiger partial charge in [-0.3, -0.25) is 9.10 Å². The quantitative estimate of drug-likeness (QED) is 0.683. The summed E-state index contributed by atoms with van der Waals surface area (Å²) in [5, 5.41) is 2.69. The average molecular weight is 398 g/mol. The van der Waals surface area contributed by atoms with Crippen LogP contribution in [0.1, 0.15) is 5.56 Å².